The second-order valence-electron chi connectivity index (χ2n) is 4.02. The van der Waals surface area contributed by atoms with Crippen molar-refractivity contribution in [3.8, 4) is 17.6 Å². The summed E-state index contributed by atoms with van der Waals surface area (Å²) in [7, 11) is 0. The van der Waals surface area contributed by atoms with E-state index in [-0.39, 0.29) is 11.6 Å². The summed E-state index contributed by atoms with van der Waals surface area (Å²) < 4.78 is 18.1. The minimum atomic E-state index is -0.269. The SMILES string of the molecule is N#Cc1ccc(OCCc2ccc(F)cc2)c(O)c1. The first-order valence-electron chi connectivity index (χ1n) is 5.79. The molecular weight excluding hydrogens is 245 g/mol. The van der Waals surface area contributed by atoms with Gasteiger partial charge in [-0.3, -0.25) is 0 Å². The van der Waals surface area contributed by atoms with Crippen LogP contribution in [0.5, 0.6) is 11.5 Å². The lowest BCUT2D eigenvalue weighted by Gasteiger charge is -2.08. The van der Waals surface area contributed by atoms with E-state index in [0.29, 0.717) is 24.3 Å². The number of hydrogen-bond donors (Lipinski definition) is 1. The lowest BCUT2D eigenvalue weighted by atomic mass is 10.1. The molecule has 0 aliphatic heterocycles. The fourth-order valence-electron chi connectivity index (χ4n) is 1.64. The molecule has 0 aliphatic carbocycles. The molecule has 0 amide bonds. The number of nitrogens with zero attached hydrogens (tertiary/aromatic N) is 1. The fourth-order valence-corrected chi connectivity index (χ4v) is 1.64. The van der Waals surface area contributed by atoms with E-state index in [9.17, 15) is 9.50 Å². The number of benzene rings is 2. The van der Waals surface area contributed by atoms with Gasteiger partial charge in [0.1, 0.15) is 5.82 Å². The van der Waals surface area contributed by atoms with Gasteiger partial charge in [-0.15, -0.1) is 0 Å². The highest BCUT2D eigenvalue weighted by Crippen LogP contribution is 2.26. The Labute approximate surface area is 110 Å². The topological polar surface area (TPSA) is 53.2 Å². The van der Waals surface area contributed by atoms with Crippen molar-refractivity contribution in [3.05, 3.63) is 59.4 Å². The Balaban J connectivity index is 1.92. The number of aromatic hydroxyl groups is 1. The molecule has 0 fully saturated rings. The van der Waals surface area contributed by atoms with Crippen molar-refractivity contribution >= 4 is 0 Å². The van der Waals surface area contributed by atoms with Crippen molar-refractivity contribution in [2.45, 2.75) is 6.42 Å². The van der Waals surface area contributed by atoms with Crippen LogP contribution in [0.4, 0.5) is 4.39 Å². The molecule has 0 radical (unpaired) electrons. The zero-order valence-electron chi connectivity index (χ0n) is 10.1. The molecule has 0 saturated carbocycles. The second-order valence-corrected chi connectivity index (χ2v) is 4.02. The van der Waals surface area contributed by atoms with Crippen molar-refractivity contribution in [2.24, 2.45) is 0 Å². The average molecular weight is 257 g/mol. The molecule has 0 atom stereocenters. The van der Waals surface area contributed by atoms with Gasteiger partial charge in [0, 0.05) is 12.5 Å². The highest BCUT2D eigenvalue weighted by Gasteiger charge is 2.03. The lowest BCUT2D eigenvalue weighted by Crippen LogP contribution is -2.01. The Morgan fingerprint density at radius 2 is 1.89 bits per heavy atom. The molecule has 0 bridgehead atoms. The Hall–Kier alpha value is -2.54. The minimum absolute atomic E-state index is 0.0573. The smallest absolute Gasteiger partial charge is 0.161 e. The van der Waals surface area contributed by atoms with E-state index < -0.39 is 0 Å². The normalized spacial score (nSPS) is 9.89. The van der Waals surface area contributed by atoms with Gasteiger partial charge in [-0.05, 0) is 29.8 Å². The van der Waals surface area contributed by atoms with Crippen LogP contribution in [0.15, 0.2) is 42.5 Å². The van der Waals surface area contributed by atoms with Gasteiger partial charge in [0.15, 0.2) is 11.5 Å². The maximum absolute atomic E-state index is 12.7. The molecular formula is C15H12FNO2. The summed E-state index contributed by atoms with van der Waals surface area (Å²) in [6, 6.07) is 12.6. The highest BCUT2D eigenvalue weighted by molar-refractivity contribution is 5.45. The summed E-state index contributed by atoms with van der Waals surface area (Å²) in [5.74, 6) is 0.00803. The summed E-state index contributed by atoms with van der Waals surface area (Å²) in [6.07, 6.45) is 0.611. The Morgan fingerprint density at radius 1 is 1.16 bits per heavy atom. The quantitative estimate of drug-likeness (QED) is 0.915. The van der Waals surface area contributed by atoms with E-state index in [1.807, 2.05) is 6.07 Å². The predicted molar refractivity (Wildman–Crippen MR) is 68.4 cm³/mol. The van der Waals surface area contributed by atoms with Crippen LogP contribution in [-0.4, -0.2) is 11.7 Å². The number of phenolic OH excluding ortho intramolecular Hbond substituents is 1. The van der Waals surface area contributed by atoms with Crippen LogP contribution in [0.3, 0.4) is 0 Å². The average Bonchev–Trinajstić information content (AvgIpc) is 2.42. The summed E-state index contributed by atoms with van der Waals surface area (Å²) in [5.41, 5.74) is 1.33. The second kappa shape index (κ2) is 5.87. The molecule has 0 spiro atoms. The van der Waals surface area contributed by atoms with E-state index >= 15 is 0 Å². The molecule has 0 saturated heterocycles. The Morgan fingerprint density at radius 3 is 2.53 bits per heavy atom. The maximum Gasteiger partial charge on any atom is 0.161 e. The molecule has 0 aromatic heterocycles. The van der Waals surface area contributed by atoms with Gasteiger partial charge in [0.25, 0.3) is 0 Å². The first-order valence-corrected chi connectivity index (χ1v) is 5.79. The number of nitriles is 1. The van der Waals surface area contributed by atoms with Gasteiger partial charge in [0.05, 0.1) is 18.2 Å². The van der Waals surface area contributed by atoms with E-state index in [1.165, 1.54) is 18.2 Å². The summed E-state index contributed by atoms with van der Waals surface area (Å²) >= 11 is 0. The molecule has 3 nitrogen and oxygen atoms in total. The third-order valence-corrected chi connectivity index (χ3v) is 2.65. The van der Waals surface area contributed by atoms with E-state index in [1.54, 1.807) is 24.3 Å². The van der Waals surface area contributed by atoms with Crippen LogP contribution in [0.1, 0.15) is 11.1 Å². The van der Waals surface area contributed by atoms with Gasteiger partial charge in [0.2, 0.25) is 0 Å². The number of ether oxygens (including phenoxy) is 1. The number of rotatable bonds is 4. The number of phenols is 1. The molecule has 1 N–H and O–H groups in total. The van der Waals surface area contributed by atoms with Gasteiger partial charge in [-0.1, -0.05) is 12.1 Å². The summed E-state index contributed by atoms with van der Waals surface area (Å²) in [6.45, 7) is 0.366. The van der Waals surface area contributed by atoms with Crippen molar-refractivity contribution in [2.75, 3.05) is 6.61 Å². The summed E-state index contributed by atoms with van der Waals surface area (Å²) in [5, 5.41) is 18.3. The molecule has 0 heterocycles. The first kappa shape index (κ1) is 12.9. The van der Waals surface area contributed by atoms with Crippen molar-refractivity contribution < 1.29 is 14.2 Å². The van der Waals surface area contributed by atoms with Crippen LogP contribution < -0.4 is 4.74 Å². The molecule has 2 aromatic rings. The zero-order chi connectivity index (χ0) is 13.7. The van der Waals surface area contributed by atoms with Crippen molar-refractivity contribution in [1.29, 1.82) is 5.26 Å². The Bertz CT molecular complexity index is 603. The maximum atomic E-state index is 12.7. The molecule has 19 heavy (non-hydrogen) atoms. The van der Waals surface area contributed by atoms with Crippen molar-refractivity contribution in [1.82, 2.24) is 0 Å². The van der Waals surface area contributed by atoms with Crippen LogP contribution in [0.2, 0.25) is 0 Å². The monoisotopic (exact) mass is 257 g/mol. The number of halogens is 1. The summed E-state index contributed by atoms with van der Waals surface area (Å²) in [4.78, 5) is 0. The highest BCUT2D eigenvalue weighted by atomic mass is 19.1. The van der Waals surface area contributed by atoms with E-state index in [4.69, 9.17) is 10.00 Å². The molecule has 96 valence electrons. The first-order chi connectivity index (χ1) is 9.19. The Kier molecular flexibility index (Phi) is 3.99. The molecule has 0 unspecified atom stereocenters. The lowest BCUT2D eigenvalue weighted by molar-refractivity contribution is 0.303. The standard InChI is InChI=1S/C15H12FNO2/c16-13-4-1-11(2-5-13)7-8-19-15-6-3-12(10-17)9-14(15)18/h1-6,9,18H,7-8H2. The molecule has 0 aliphatic rings. The molecule has 2 rings (SSSR count). The van der Waals surface area contributed by atoms with Crippen LogP contribution in [0.25, 0.3) is 0 Å². The third kappa shape index (κ3) is 3.46. The largest absolute Gasteiger partial charge is 0.504 e. The third-order valence-electron chi connectivity index (χ3n) is 2.65. The van der Waals surface area contributed by atoms with Crippen LogP contribution in [-0.2, 0) is 6.42 Å². The van der Waals surface area contributed by atoms with Crippen LogP contribution in [0, 0.1) is 17.1 Å². The predicted octanol–water partition coefficient (Wildman–Crippen LogP) is 3.02. The van der Waals surface area contributed by atoms with Crippen molar-refractivity contribution in [3.63, 3.8) is 0 Å². The molecule has 2 aromatic carbocycles. The van der Waals surface area contributed by atoms with Crippen LogP contribution >= 0.6 is 0 Å². The van der Waals surface area contributed by atoms with Gasteiger partial charge < -0.3 is 9.84 Å². The molecule has 4 heteroatoms. The fraction of sp³-hybridized carbons (Fsp3) is 0.133. The van der Waals surface area contributed by atoms with E-state index in [2.05, 4.69) is 0 Å². The van der Waals surface area contributed by atoms with Gasteiger partial charge in [-0.25, -0.2) is 4.39 Å². The minimum Gasteiger partial charge on any atom is -0.504 e. The van der Waals surface area contributed by atoms with Gasteiger partial charge >= 0.3 is 0 Å². The number of hydrogen-bond acceptors (Lipinski definition) is 3. The van der Waals surface area contributed by atoms with Gasteiger partial charge in [-0.2, -0.15) is 5.26 Å². The van der Waals surface area contributed by atoms with E-state index in [0.717, 1.165) is 5.56 Å². The zero-order valence-corrected chi connectivity index (χ0v) is 10.1.